The molecule has 0 radical (unpaired) electrons. The molecule has 6 heteroatoms. The summed E-state index contributed by atoms with van der Waals surface area (Å²) >= 11 is 0. The van der Waals surface area contributed by atoms with Gasteiger partial charge in [0.1, 0.15) is 5.65 Å². The molecule has 0 aromatic carbocycles. The van der Waals surface area contributed by atoms with Crippen LogP contribution in [0, 0.1) is 17.8 Å². The largest absolute Gasteiger partial charge is 0.340 e. The molecule has 2 aliphatic carbocycles. The maximum Gasteiger partial charge on any atom is 0.258 e. The van der Waals surface area contributed by atoms with Crippen LogP contribution in [0.2, 0.25) is 0 Å². The zero-order chi connectivity index (χ0) is 19.1. The molecule has 1 saturated heterocycles. The van der Waals surface area contributed by atoms with E-state index in [1.54, 1.807) is 16.7 Å². The molecule has 28 heavy (non-hydrogen) atoms. The topological polar surface area (TPSA) is 57.9 Å². The minimum Gasteiger partial charge on any atom is -0.340 e. The SMILES string of the molecule is O=C(C[C@@H]1C[C@@H]2CC[C@@H]1C2)N1CCN(Cc2cc(=O)n3ccccc3n2)CC1. The molecule has 3 fully saturated rings. The first-order valence-corrected chi connectivity index (χ1v) is 10.6. The van der Waals surface area contributed by atoms with Crippen LogP contribution in [0.15, 0.2) is 35.3 Å². The molecular weight excluding hydrogens is 352 g/mol. The van der Waals surface area contributed by atoms with Crippen molar-refractivity contribution in [2.24, 2.45) is 17.8 Å². The maximum atomic E-state index is 12.7. The molecule has 5 rings (SSSR count). The van der Waals surface area contributed by atoms with Crippen LogP contribution in [0.1, 0.15) is 37.8 Å². The summed E-state index contributed by atoms with van der Waals surface area (Å²) in [6.45, 7) is 3.92. The quantitative estimate of drug-likeness (QED) is 0.816. The van der Waals surface area contributed by atoms with Crippen LogP contribution in [0.4, 0.5) is 0 Å². The van der Waals surface area contributed by atoms with Crippen molar-refractivity contribution in [1.82, 2.24) is 19.2 Å². The van der Waals surface area contributed by atoms with Crippen molar-refractivity contribution in [3.63, 3.8) is 0 Å². The Morgan fingerprint density at radius 1 is 1.11 bits per heavy atom. The first-order valence-electron chi connectivity index (χ1n) is 10.6. The van der Waals surface area contributed by atoms with Crippen molar-refractivity contribution in [1.29, 1.82) is 0 Å². The number of amides is 1. The molecule has 2 bridgehead atoms. The highest BCUT2D eigenvalue weighted by atomic mass is 16.2. The Hall–Kier alpha value is -2.21. The molecule has 6 nitrogen and oxygen atoms in total. The van der Waals surface area contributed by atoms with Gasteiger partial charge in [0.25, 0.3) is 5.56 Å². The number of nitrogens with zero attached hydrogens (tertiary/aromatic N) is 4. The number of hydrogen-bond acceptors (Lipinski definition) is 4. The minimum absolute atomic E-state index is 0.0414. The molecule has 3 heterocycles. The first kappa shape index (κ1) is 17.9. The fourth-order valence-corrected chi connectivity index (χ4v) is 5.55. The normalized spacial score (nSPS) is 27.6. The van der Waals surface area contributed by atoms with Crippen LogP contribution in [0.25, 0.3) is 5.65 Å². The summed E-state index contributed by atoms with van der Waals surface area (Å²) < 4.78 is 1.57. The van der Waals surface area contributed by atoms with Gasteiger partial charge in [0.2, 0.25) is 5.91 Å². The third kappa shape index (κ3) is 3.46. The lowest BCUT2D eigenvalue weighted by molar-refractivity contribution is -0.134. The van der Waals surface area contributed by atoms with Crippen molar-refractivity contribution in [2.45, 2.75) is 38.6 Å². The van der Waals surface area contributed by atoms with Crippen LogP contribution >= 0.6 is 0 Å². The smallest absolute Gasteiger partial charge is 0.258 e. The van der Waals surface area contributed by atoms with Gasteiger partial charge >= 0.3 is 0 Å². The standard InChI is InChI=1S/C22H28N4O2/c27-21(13-18-12-16-4-5-17(18)11-16)25-9-7-24(8-10-25)15-19-14-22(28)26-6-2-1-3-20(26)23-19/h1-3,6,14,16-18H,4-5,7-13,15H2/t16-,17-,18+/m1/s1. The second kappa shape index (κ2) is 7.32. The lowest BCUT2D eigenvalue weighted by Crippen LogP contribution is -2.48. The summed E-state index contributed by atoms with van der Waals surface area (Å²) in [4.78, 5) is 33.9. The molecule has 1 aliphatic heterocycles. The number of hydrogen-bond donors (Lipinski definition) is 0. The number of carbonyl (C=O) groups is 1. The monoisotopic (exact) mass is 380 g/mol. The van der Waals surface area contributed by atoms with Gasteiger partial charge in [0.05, 0.1) is 5.69 Å². The van der Waals surface area contributed by atoms with Gasteiger partial charge in [-0.25, -0.2) is 4.98 Å². The van der Waals surface area contributed by atoms with Crippen molar-refractivity contribution >= 4 is 11.6 Å². The number of aromatic nitrogens is 2. The molecule has 0 unspecified atom stereocenters. The predicted octanol–water partition coefficient (Wildman–Crippen LogP) is 2.17. The maximum absolute atomic E-state index is 12.7. The number of piperazine rings is 1. The van der Waals surface area contributed by atoms with Crippen molar-refractivity contribution < 1.29 is 4.79 Å². The highest BCUT2D eigenvalue weighted by Crippen LogP contribution is 2.49. The minimum atomic E-state index is -0.0414. The van der Waals surface area contributed by atoms with E-state index in [9.17, 15) is 9.59 Å². The summed E-state index contributed by atoms with van der Waals surface area (Å²) in [6.07, 6.45) is 7.87. The van der Waals surface area contributed by atoms with E-state index in [-0.39, 0.29) is 5.56 Å². The molecule has 2 aromatic heterocycles. The summed E-state index contributed by atoms with van der Waals surface area (Å²) in [6, 6.07) is 7.21. The number of pyridine rings is 1. The molecule has 0 spiro atoms. The van der Waals surface area contributed by atoms with E-state index in [1.165, 1.54) is 25.7 Å². The van der Waals surface area contributed by atoms with E-state index in [0.29, 0.717) is 24.0 Å². The van der Waals surface area contributed by atoms with E-state index >= 15 is 0 Å². The highest BCUT2D eigenvalue weighted by Gasteiger charge is 2.40. The average molecular weight is 380 g/mol. The van der Waals surface area contributed by atoms with Crippen molar-refractivity contribution in [2.75, 3.05) is 26.2 Å². The highest BCUT2D eigenvalue weighted by molar-refractivity contribution is 5.76. The Kier molecular flexibility index (Phi) is 4.67. The summed E-state index contributed by atoms with van der Waals surface area (Å²) in [7, 11) is 0. The third-order valence-electron chi connectivity index (χ3n) is 7.06. The van der Waals surface area contributed by atoms with Crippen LogP contribution in [0.5, 0.6) is 0 Å². The lowest BCUT2D eigenvalue weighted by atomic mass is 9.86. The molecule has 3 aliphatic rings. The summed E-state index contributed by atoms with van der Waals surface area (Å²) in [5.74, 6) is 2.70. The number of fused-ring (bicyclic) bond motifs is 3. The molecule has 2 saturated carbocycles. The molecular formula is C22H28N4O2. The Labute approximate surface area is 165 Å². The molecule has 0 N–H and O–H groups in total. The van der Waals surface area contributed by atoms with Crippen molar-refractivity contribution in [3.05, 3.63) is 46.5 Å². The van der Waals surface area contributed by atoms with Gasteiger partial charge in [-0.3, -0.25) is 18.9 Å². The average Bonchev–Trinajstić information content (AvgIpc) is 3.32. The molecule has 1 amide bonds. The van der Waals surface area contributed by atoms with E-state index in [4.69, 9.17) is 0 Å². The van der Waals surface area contributed by atoms with Gasteiger partial charge in [-0.15, -0.1) is 0 Å². The van der Waals surface area contributed by atoms with E-state index in [1.807, 2.05) is 23.1 Å². The summed E-state index contributed by atoms with van der Waals surface area (Å²) in [5, 5.41) is 0. The van der Waals surface area contributed by atoms with E-state index < -0.39 is 0 Å². The summed E-state index contributed by atoms with van der Waals surface area (Å²) in [5.41, 5.74) is 1.45. The van der Waals surface area contributed by atoms with Crippen LogP contribution in [0.3, 0.4) is 0 Å². The second-order valence-corrected chi connectivity index (χ2v) is 8.81. The van der Waals surface area contributed by atoms with Gasteiger partial charge < -0.3 is 4.90 Å². The number of carbonyl (C=O) groups excluding carboxylic acids is 1. The van der Waals surface area contributed by atoms with Gasteiger partial charge in [0, 0.05) is 51.4 Å². The van der Waals surface area contributed by atoms with Crippen molar-refractivity contribution in [3.8, 4) is 0 Å². The van der Waals surface area contributed by atoms with Crippen LogP contribution in [-0.4, -0.2) is 51.3 Å². The molecule has 2 aromatic rings. The van der Waals surface area contributed by atoms with E-state index in [2.05, 4.69) is 9.88 Å². The first-order chi connectivity index (χ1) is 13.7. The van der Waals surface area contributed by atoms with Crippen LogP contribution < -0.4 is 5.56 Å². The Balaban J connectivity index is 1.16. The number of rotatable bonds is 4. The van der Waals surface area contributed by atoms with Gasteiger partial charge in [0.15, 0.2) is 0 Å². The third-order valence-corrected chi connectivity index (χ3v) is 7.06. The van der Waals surface area contributed by atoms with Gasteiger partial charge in [-0.2, -0.15) is 0 Å². The fraction of sp³-hybridized carbons (Fsp3) is 0.591. The molecule has 3 atom stereocenters. The Morgan fingerprint density at radius 3 is 2.71 bits per heavy atom. The Bertz CT molecular complexity index is 932. The molecule has 148 valence electrons. The van der Waals surface area contributed by atoms with Gasteiger partial charge in [-0.05, 0) is 49.1 Å². The van der Waals surface area contributed by atoms with Gasteiger partial charge in [-0.1, -0.05) is 12.5 Å². The predicted molar refractivity (Wildman–Crippen MR) is 107 cm³/mol. The van der Waals surface area contributed by atoms with Crippen LogP contribution in [-0.2, 0) is 11.3 Å². The van der Waals surface area contributed by atoms with E-state index in [0.717, 1.165) is 50.1 Å². The second-order valence-electron chi connectivity index (χ2n) is 8.81. The Morgan fingerprint density at radius 2 is 1.96 bits per heavy atom. The lowest BCUT2D eigenvalue weighted by Gasteiger charge is -2.35. The zero-order valence-corrected chi connectivity index (χ0v) is 16.3. The zero-order valence-electron chi connectivity index (χ0n) is 16.3. The fourth-order valence-electron chi connectivity index (χ4n) is 5.55.